The predicted octanol–water partition coefficient (Wildman–Crippen LogP) is 2.61. The summed E-state index contributed by atoms with van der Waals surface area (Å²) in [5.74, 6) is -1.34. The standard InChI is InChI=1S/C13H16F2N2O4/c1-3-9(11(18)19)17(2)13(20)16-8-6-4-5-7-10(8)21-12(14)15/h4-7,9,12H,3H2,1-2H3,(H,16,20)(H,18,19). The molecule has 0 fully saturated rings. The quantitative estimate of drug-likeness (QED) is 0.846. The number of hydrogen-bond donors (Lipinski definition) is 2. The number of carbonyl (C=O) groups excluding carboxylic acids is 1. The minimum Gasteiger partial charge on any atom is -0.480 e. The Bertz CT molecular complexity index is 511. The lowest BCUT2D eigenvalue weighted by molar-refractivity contribution is -0.141. The molecule has 0 aromatic heterocycles. The summed E-state index contributed by atoms with van der Waals surface area (Å²) in [6, 6.07) is 3.93. The fourth-order valence-corrected chi connectivity index (χ4v) is 1.73. The van der Waals surface area contributed by atoms with Gasteiger partial charge in [0.25, 0.3) is 0 Å². The molecule has 2 amide bonds. The Balaban J connectivity index is 2.85. The summed E-state index contributed by atoms with van der Waals surface area (Å²) >= 11 is 0. The van der Waals surface area contributed by atoms with Gasteiger partial charge in [-0.1, -0.05) is 19.1 Å². The first-order chi connectivity index (χ1) is 9.86. The normalized spacial score (nSPS) is 11.9. The number of para-hydroxylation sites is 2. The SMILES string of the molecule is CCC(C(=O)O)N(C)C(=O)Nc1ccccc1OC(F)F. The lowest BCUT2D eigenvalue weighted by Crippen LogP contribution is -2.44. The fourth-order valence-electron chi connectivity index (χ4n) is 1.73. The second kappa shape index (κ2) is 7.41. The van der Waals surface area contributed by atoms with Gasteiger partial charge in [-0.25, -0.2) is 9.59 Å². The highest BCUT2D eigenvalue weighted by molar-refractivity contribution is 5.93. The van der Waals surface area contributed by atoms with E-state index >= 15 is 0 Å². The number of carboxylic acids is 1. The maximum absolute atomic E-state index is 12.3. The molecule has 116 valence electrons. The van der Waals surface area contributed by atoms with Crippen molar-refractivity contribution in [3.63, 3.8) is 0 Å². The Morgan fingerprint density at radius 1 is 1.38 bits per heavy atom. The summed E-state index contributed by atoms with van der Waals surface area (Å²) in [4.78, 5) is 23.9. The average molecular weight is 302 g/mol. The summed E-state index contributed by atoms with van der Waals surface area (Å²) in [7, 11) is 1.31. The van der Waals surface area contributed by atoms with Crippen molar-refractivity contribution in [3.8, 4) is 5.75 Å². The molecule has 1 aromatic carbocycles. The van der Waals surface area contributed by atoms with Crippen LogP contribution in [0.15, 0.2) is 24.3 Å². The second-order valence-electron chi connectivity index (χ2n) is 4.18. The topological polar surface area (TPSA) is 78.9 Å². The molecule has 2 N–H and O–H groups in total. The van der Waals surface area contributed by atoms with Gasteiger partial charge in [0.2, 0.25) is 0 Å². The molecule has 0 aliphatic heterocycles. The van der Waals surface area contributed by atoms with Gasteiger partial charge < -0.3 is 20.1 Å². The van der Waals surface area contributed by atoms with Gasteiger partial charge in [-0.2, -0.15) is 8.78 Å². The molecule has 0 saturated carbocycles. The number of urea groups is 1. The Hall–Kier alpha value is -2.38. The van der Waals surface area contributed by atoms with Gasteiger partial charge in [0.05, 0.1) is 5.69 Å². The van der Waals surface area contributed by atoms with Gasteiger partial charge >= 0.3 is 18.6 Å². The number of amides is 2. The molecule has 0 aliphatic rings. The third-order valence-electron chi connectivity index (χ3n) is 2.80. The van der Waals surface area contributed by atoms with Crippen LogP contribution in [-0.2, 0) is 4.79 Å². The second-order valence-corrected chi connectivity index (χ2v) is 4.18. The molecule has 8 heteroatoms. The van der Waals surface area contributed by atoms with Crippen molar-refractivity contribution in [2.45, 2.75) is 26.0 Å². The number of carbonyl (C=O) groups is 2. The van der Waals surface area contributed by atoms with Crippen molar-refractivity contribution >= 4 is 17.7 Å². The van der Waals surface area contributed by atoms with Crippen LogP contribution >= 0.6 is 0 Å². The molecule has 0 heterocycles. The Morgan fingerprint density at radius 3 is 2.52 bits per heavy atom. The van der Waals surface area contributed by atoms with E-state index in [-0.39, 0.29) is 17.9 Å². The van der Waals surface area contributed by atoms with E-state index in [0.717, 1.165) is 4.90 Å². The van der Waals surface area contributed by atoms with Crippen molar-refractivity contribution in [2.24, 2.45) is 0 Å². The number of benzene rings is 1. The highest BCUT2D eigenvalue weighted by Crippen LogP contribution is 2.25. The number of nitrogens with zero attached hydrogens (tertiary/aromatic N) is 1. The van der Waals surface area contributed by atoms with Crippen molar-refractivity contribution in [2.75, 3.05) is 12.4 Å². The van der Waals surface area contributed by atoms with Crippen LogP contribution < -0.4 is 10.1 Å². The van der Waals surface area contributed by atoms with E-state index in [1.807, 2.05) is 0 Å². The van der Waals surface area contributed by atoms with E-state index in [0.29, 0.717) is 0 Å². The summed E-state index contributed by atoms with van der Waals surface area (Å²) in [5.41, 5.74) is 0.0369. The highest BCUT2D eigenvalue weighted by atomic mass is 19.3. The number of ether oxygens (including phenoxy) is 1. The number of likely N-dealkylation sites (N-methyl/N-ethyl adjacent to an activating group) is 1. The molecule has 1 unspecified atom stereocenters. The van der Waals surface area contributed by atoms with Crippen LogP contribution in [0.1, 0.15) is 13.3 Å². The number of hydrogen-bond acceptors (Lipinski definition) is 3. The van der Waals surface area contributed by atoms with Crippen molar-refractivity contribution in [1.82, 2.24) is 4.90 Å². The summed E-state index contributed by atoms with van der Waals surface area (Å²) in [5, 5.41) is 11.3. The van der Waals surface area contributed by atoms with Crippen molar-refractivity contribution in [1.29, 1.82) is 0 Å². The number of alkyl halides is 2. The molecule has 1 atom stereocenters. The lowest BCUT2D eigenvalue weighted by Gasteiger charge is -2.24. The molecular formula is C13H16F2N2O4. The molecular weight excluding hydrogens is 286 g/mol. The number of carboxylic acid groups (broad SMARTS) is 1. The molecule has 0 spiro atoms. The summed E-state index contributed by atoms with van der Waals surface area (Å²) in [6.45, 7) is -1.40. The Morgan fingerprint density at radius 2 is 2.00 bits per heavy atom. The van der Waals surface area contributed by atoms with Crippen LogP contribution in [0.3, 0.4) is 0 Å². The lowest BCUT2D eigenvalue weighted by atomic mass is 10.2. The molecule has 21 heavy (non-hydrogen) atoms. The van der Waals surface area contributed by atoms with Crippen LogP contribution in [0.4, 0.5) is 19.3 Å². The smallest absolute Gasteiger partial charge is 0.387 e. The zero-order valence-electron chi connectivity index (χ0n) is 11.5. The Labute approximate surface area is 120 Å². The largest absolute Gasteiger partial charge is 0.480 e. The van der Waals surface area contributed by atoms with E-state index < -0.39 is 24.7 Å². The Kier molecular flexibility index (Phi) is 5.89. The van der Waals surface area contributed by atoms with Crippen LogP contribution in [-0.4, -0.2) is 41.7 Å². The van der Waals surface area contributed by atoms with E-state index in [2.05, 4.69) is 10.1 Å². The molecule has 6 nitrogen and oxygen atoms in total. The van der Waals surface area contributed by atoms with Crippen LogP contribution in [0.5, 0.6) is 5.75 Å². The summed E-state index contributed by atoms with van der Waals surface area (Å²) < 4.78 is 28.8. The number of aliphatic carboxylic acids is 1. The van der Waals surface area contributed by atoms with Crippen LogP contribution in [0, 0.1) is 0 Å². The number of rotatable bonds is 6. The minimum absolute atomic E-state index is 0.0369. The predicted molar refractivity (Wildman–Crippen MR) is 71.6 cm³/mol. The van der Waals surface area contributed by atoms with Crippen LogP contribution in [0.2, 0.25) is 0 Å². The first kappa shape index (κ1) is 16.7. The fraction of sp³-hybridized carbons (Fsp3) is 0.385. The average Bonchev–Trinajstić information content (AvgIpc) is 2.40. The van der Waals surface area contributed by atoms with Crippen LogP contribution in [0.25, 0.3) is 0 Å². The van der Waals surface area contributed by atoms with Gasteiger partial charge in [0, 0.05) is 7.05 Å². The molecule has 0 bridgehead atoms. The molecule has 0 radical (unpaired) electrons. The first-order valence-electron chi connectivity index (χ1n) is 6.17. The molecule has 1 rings (SSSR count). The van der Waals surface area contributed by atoms with E-state index in [1.54, 1.807) is 6.92 Å². The monoisotopic (exact) mass is 302 g/mol. The minimum atomic E-state index is -3.02. The number of halogens is 2. The summed E-state index contributed by atoms with van der Waals surface area (Å²) in [6.07, 6.45) is 0.217. The van der Waals surface area contributed by atoms with E-state index in [1.165, 1.54) is 31.3 Å². The zero-order valence-corrected chi connectivity index (χ0v) is 11.5. The van der Waals surface area contributed by atoms with E-state index in [4.69, 9.17) is 5.11 Å². The molecule has 0 aliphatic carbocycles. The van der Waals surface area contributed by atoms with E-state index in [9.17, 15) is 18.4 Å². The first-order valence-corrected chi connectivity index (χ1v) is 6.17. The molecule has 0 saturated heterocycles. The van der Waals surface area contributed by atoms with Gasteiger partial charge in [0.15, 0.2) is 0 Å². The maximum Gasteiger partial charge on any atom is 0.387 e. The van der Waals surface area contributed by atoms with Crippen molar-refractivity contribution < 1.29 is 28.2 Å². The van der Waals surface area contributed by atoms with Crippen molar-refractivity contribution in [3.05, 3.63) is 24.3 Å². The number of anilines is 1. The van der Waals surface area contributed by atoms with Gasteiger partial charge in [-0.15, -0.1) is 0 Å². The maximum atomic E-state index is 12.3. The zero-order chi connectivity index (χ0) is 16.0. The van der Waals surface area contributed by atoms with Gasteiger partial charge in [-0.05, 0) is 18.6 Å². The van der Waals surface area contributed by atoms with Gasteiger partial charge in [-0.3, -0.25) is 0 Å². The number of nitrogens with one attached hydrogen (secondary N) is 1. The highest BCUT2D eigenvalue weighted by Gasteiger charge is 2.25. The third kappa shape index (κ3) is 4.59. The van der Waals surface area contributed by atoms with Gasteiger partial charge in [0.1, 0.15) is 11.8 Å². The third-order valence-corrected chi connectivity index (χ3v) is 2.80. The molecule has 1 aromatic rings.